The van der Waals surface area contributed by atoms with Crippen LogP contribution >= 0.6 is 23.2 Å². The molecule has 4 aromatic heterocycles. The predicted octanol–water partition coefficient (Wildman–Crippen LogP) is 7.04. The number of carbonyl (C=O) groups is 2. The third kappa shape index (κ3) is 10.6. The van der Waals surface area contributed by atoms with Crippen LogP contribution < -0.4 is 10.9 Å². The van der Waals surface area contributed by atoms with Crippen molar-refractivity contribution >= 4 is 57.1 Å². The average molecular weight is 791 g/mol. The number of morpholine rings is 1. The molecule has 0 atom stereocenters. The average Bonchev–Trinajstić information content (AvgIpc) is 3.03. The molecule has 0 bridgehead atoms. The summed E-state index contributed by atoms with van der Waals surface area (Å²) in [6, 6.07) is 2.78. The van der Waals surface area contributed by atoms with E-state index < -0.39 is 22.6 Å². The van der Waals surface area contributed by atoms with E-state index in [-0.39, 0.29) is 56.8 Å². The minimum atomic E-state index is -1.27. The van der Waals surface area contributed by atoms with Crippen molar-refractivity contribution in [3.05, 3.63) is 66.4 Å². The Kier molecular flexibility index (Phi) is 13.8. The number of pyridine rings is 2. The summed E-state index contributed by atoms with van der Waals surface area (Å²) in [4.78, 5) is 50.6. The Labute approximate surface area is 325 Å². The van der Waals surface area contributed by atoms with E-state index in [2.05, 4.69) is 48.1 Å². The monoisotopic (exact) mass is 789 g/mol. The van der Waals surface area contributed by atoms with Gasteiger partial charge in [0.25, 0.3) is 5.91 Å². The number of aromatic nitrogens is 6. The predicted molar refractivity (Wildman–Crippen MR) is 211 cm³/mol. The number of carboxylic acids is 1. The first kappa shape index (κ1) is 44.4. The molecule has 54 heavy (non-hydrogen) atoms. The Morgan fingerprint density at radius 3 is 1.46 bits per heavy atom. The largest absolute Gasteiger partial charge is 0.477 e. The fourth-order valence-electron chi connectivity index (χ4n) is 7.00. The van der Waals surface area contributed by atoms with Gasteiger partial charge in [0.1, 0.15) is 11.1 Å². The maximum Gasteiger partial charge on any atom is 0.341 e. The lowest BCUT2D eigenvalue weighted by Gasteiger charge is -2.47. The zero-order valence-corrected chi connectivity index (χ0v) is 33.6. The van der Waals surface area contributed by atoms with Crippen molar-refractivity contribution in [1.29, 1.82) is 0 Å². The lowest BCUT2D eigenvalue weighted by Crippen LogP contribution is -2.59. The lowest BCUT2D eigenvalue weighted by molar-refractivity contribution is -0.171. The van der Waals surface area contributed by atoms with Crippen LogP contribution in [0.15, 0.2) is 34.1 Å². The van der Waals surface area contributed by atoms with Gasteiger partial charge in [-0.3, -0.25) is 14.4 Å². The summed E-state index contributed by atoms with van der Waals surface area (Å²) < 4.78 is 15.2. The second-order valence-corrected chi connectivity index (χ2v) is 16.5. The summed E-state index contributed by atoms with van der Waals surface area (Å²) in [7, 11) is 0. The SMILES string of the molecule is C.CC1(C)CCCC(C)(C)O1.CCn1cc(C(=O)N2CC(C)(C)OC(C)(C)C2)c(=O)c2cc(Cl)nnc21.CCn1cc(C(=O)O)c(=O)c2cc(Cl)nnc21. The molecule has 4 aromatic rings. The van der Waals surface area contributed by atoms with E-state index in [4.69, 9.17) is 37.8 Å². The van der Waals surface area contributed by atoms with Gasteiger partial charge in [-0.2, -0.15) is 0 Å². The number of aromatic carboxylic acids is 1. The molecule has 14 nitrogen and oxygen atoms in total. The normalized spacial score (nSPS) is 18.0. The Morgan fingerprint density at radius 2 is 1.09 bits per heavy atom. The fraction of sp³-hybridized carbons (Fsp3) is 0.579. The highest BCUT2D eigenvalue weighted by Gasteiger charge is 2.41. The van der Waals surface area contributed by atoms with Crippen LogP contribution in [0.5, 0.6) is 0 Å². The van der Waals surface area contributed by atoms with Crippen LogP contribution in [0.4, 0.5) is 0 Å². The molecule has 2 aliphatic heterocycles. The van der Waals surface area contributed by atoms with Crippen molar-refractivity contribution in [3.8, 4) is 0 Å². The van der Waals surface area contributed by atoms with Crippen LogP contribution in [0.1, 0.15) is 117 Å². The standard InChI is InChI=1S/C18H23ClN4O3.C10H8ClN3O3.C9H18O.CH4/c1-6-22-8-12(14(24)11-7-13(19)20-21-15(11)22)16(25)23-9-17(2,3)26-18(4,5)10-23;1-2-14-4-6(10(16)17)8(15)5-3-7(11)12-13-9(5)14;1-8(2)6-5-7-9(3,4)10-8;/h7-8H,6,9-10H2,1-5H3;3-4H,2H2,1H3,(H,16,17);5-7H2,1-4H3;1H4. The van der Waals surface area contributed by atoms with Gasteiger partial charge in [0, 0.05) is 38.6 Å². The van der Waals surface area contributed by atoms with Crippen molar-refractivity contribution in [2.75, 3.05) is 13.1 Å². The van der Waals surface area contributed by atoms with E-state index in [1.165, 1.54) is 37.6 Å². The molecule has 0 radical (unpaired) electrons. The van der Waals surface area contributed by atoms with Gasteiger partial charge in [-0.05, 0) is 101 Å². The van der Waals surface area contributed by atoms with E-state index in [0.717, 1.165) is 0 Å². The summed E-state index contributed by atoms with van der Waals surface area (Å²) in [6.45, 7) is 22.0. The summed E-state index contributed by atoms with van der Waals surface area (Å²) in [5.41, 5.74) is -1.20. The second kappa shape index (κ2) is 16.8. The van der Waals surface area contributed by atoms with Gasteiger partial charge in [0.05, 0.1) is 33.2 Å². The zero-order chi connectivity index (χ0) is 39.7. The molecule has 16 heteroatoms. The van der Waals surface area contributed by atoms with Gasteiger partial charge in [-0.15, -0.1) is 20.4 Å². The highest BCUT2D eigenvalue weighted by atomic mass is 35.5. The van der Waals surface area contributed by atoms with Crippen LogP contribution in [0.2, 0.25) is 10.3 Å². The van der Waals surface area contributed by atoms with Gasteiger partial charge in [0.15, 0.2) is 21.6 Å². The molecule has 2 aliphatic rings. The highest BCUT2D eigenvalue weighted by molar-refractivity contribution is 6.30. The third-order valence-electron chi connectivity index (χ3n) is 8.82. The van der Waals surface area contributed by atoms with Crippen LogP contribution in [0.25, 0.3) is 22.1 Å². The number of amides is 1. The quantitative estimate of drug-likeness (QED) is 0.225. The molecular formula is C38H53Cl2N7O7. The Morgan fingerprint density at radius 1 is 0.704 bits per heavy atom. The van der Waals surface area contributed by atoms with E-state index in [9.17, 15) is 19.2 Å². The van der Waals surface area contributed by atoms with E-state index in [1.807, 2.05) is 41.5 Å². The number of ether oxygens (including phenoxy) is 2. The number of nitrogens with zero attached hydrogens (tertiary/aromatic N) is 7. The number of carboxylic acid groups (broad SMARTS) is 1. The summed E-state index contributed by atoms with van der Waals surface area (Å²) in [5.74, 6) is -1.58. The van der Waals surface area contributed by atoms with E-state index in [1.54, 1.807) is 20.2 Å². The first-order valence-electron chi connectivity index (χ1n) is 17.5. The van der Waals surface area contributed by atoms with Crippen LogP contribution in [-0.4, -0.2) is 86.9 Å². The smallest absolute Gasteiger partial charge is 0.341 e. The second-order valence-electron chi connectivity index (χ2n) is 15.7. The molecule has 0 aromatic carbocycles. The maximum absolute atomic E-state index is 13.2. The minimum Gasteiger partial charge on any atom is -0.477 e. The first-order valence-corrected chi connectivity index (χ1v) is 18.3. The molecule has 0 unspecified atom stereocenters. The van der Waals surface area contributed by atoms with Crippen molar-refractivity contribution in [2.24, 2.45) is 0 Å². The molecule has 0 spiro atoms. The topological polar surface area (TPSA) is 172 Å². The van der Waals surface area contributed by atoms with Gasteiger partial charge >= 0.3 is 5.97 Å². The number of carbonyl (C=O) groups excluding carboxylic acids is 1. The summed E-state index contributed by atoms with van der Waals surface area (Å²) >= 11 is 11.6. The number of hydrogen-bond donors (Lipinski definition) is 1. The number of fused-ring (bicyclic) bond motifs is 2. The molecule has 6 rings (SSSR count). The number of aryl methyl sites for hydroxylation is 2. The van der Waals surface area contributed by atoms with Crippen LogP contribution in [0, 0.1) is 0 Å². The molecule has 296 valence electrons. The zero-order valence-electron chi connectivity index (χ0n) is 32.0. The fourth-order valence-corrected chi connectivity index (χ4v) is 7.30. The van der Waals surface area contributed by atoms with Crippen molar-refractivity contribution in [1.82, 2.24) is 34.4 Å². The Hall–Kier alpha value is -3.98. The highest BCUT2D eigenvalue weighted by Crippen LogP contribution is 2.34. The number of hydrogen-bond acceptors (Lipinski definition) is 10. The van der Waals surface area contributed by atoms with Crippen LogP contribution in [0.3, 0.4) is 0 Å². The van der Waals surface area contributed by atoms with Gasteiger partial charge in [-0.25, -0.2) is 4.79 Å². The number of halogens is 2. The van der Waals surface area contributed by atoms with Crippen molar-refractivity contribution < 1.29 is 24.2 Å². The Balaban J connectivity index is 0.000000240. The molecule has 2 fully saturated rings. The lowest BCUT2D eigenvalue weighted by atomic mass is 9.89. The minimum absolute atomic E-state index is 0. The van der Waals surface area contributed by atoms with Crippen molar-refractivity contribution in [3.63, 3.8) is 0 Å². The number of rotatable bonds is 4. The molecule has 6 heterocycles. The van der Waals surface area contributed by atoms with Gasteiger partial charge in [0.2, 0.25) is 10.9 Å². The molecule has 2 saturated heterocycles. The molecule has 0 saturated carbocycles. The first-order chi connectivity index (χ1) is 24.5. The molecular weight excluding hydrogens is 737 g/mol. The molecule has 1 amide bonds. The summed E-state index contributed by atoms with van der Waals surface area (Å²) in [6.07, 6.45) is 6.54. The van der Waals surface area contributed by atoms with Gasteiger partial charge < -0.3 is 28.6 Å². The summed E-state index contributed by atoms with van der Waals surface area (Å²) in [5, 5.41) is 24.8. The van der Waals surface area contributed by atoms with Gasteiger partial charge in [-0.1, -0.05) is 30.6 Å². The van der Waals surface area contributed by atoms with Crippen molar-refractivity contribution in [2.45, 2.75) is 131 Å². The molecule has 0 aliphatic carbocycles. The molecule has 1 N–H and O–H groups in total. The van der Waals surface area contributed by atoms with E-state index in [0.29, 0.717) is 42.9 Å². The Bertz CT molecular complexity index is 2110. The van der Waals surface area contributed by atoms with Crippen LogP contribution in [-0.2, 0) is 22.6 Å². The third-order valence-corrected chi connectivity index (χ3v) is 9.19. The maximum atomic E-state index is 13.2. The van der Waals surface area contributed by atoms with E-state index >= 15 is 0 Å².